The van der Waals surface area contributed by atoms with Crippen molar-refractivity contribution in [3.8, 4) is 5.75 Å². The Morgan fingerprint density at radius 3 is 2.48 bits per heavy atom. The molecule has 1 aromatic carbocycles. The number of halogens is 4. The Labute approximate surface area is 160 Å². The van der Waals surface area contributed by atoms with E-state index in [4.69, 9.17) is 16.3 Å². The number of rotatable bonds is 4. The number of hydrogen-bond acceptors (Lipinski definition) is 3. The van der Waals surface area contributed by atoms with Crippen LogP contribution in [-0.2, 0) is 4.79 Å². The van der Waals surface area contributed by atoms with E-state index in [1.165, 1.54) is 24.1 Å². The number of nitrogens with zero attached hydrogens (tertiary/aromatic N) is 1. The summed E-state index contributed by atoms with van der Waals surface area (Å²) in [4.78, 5) is 26.2. The highest BCUT2D eigenvalue weighted by Crippen LogP contribution is 2.41. The van der Waals surface area contributed by atoms with E-state index in [-0.39, 0.29) is 40.8 Å². The van der Waals surface area contributed by atoms with E-state index in [1.54, 1.807) is 14.1 Å². The van der Waals surface area contributed by atoms with Gasteiger partial charge in [-0.3, -0.25) is 9.59 Å². The van der Waals surface area contributed by atoms with Crippen LogP contribution in [0.2, 0.25) is 5.02 Å². The van der Waals surface area contributed by atoms with Crippen LogP contribution in [0.25, 0.3) is 0 Å². The number of alkyl halides is 3. The molecule has 2 amide bonds. The average Bonchev–Trinajstić information content (AvgIpc) is 2.59. The summed E-state index contributed by atoms with van der Waals surface area (Å²) >= 11 is 6.05. The molecule has 2 unspecified atom stereocenters. The first-order valence-electron chi connectivity index (χ1n) is 8.51. The lowest BCUT2D eigenvalue weighted by Gasteiger charge is -2.30. The summed E-state index contributed by atoms with van der Waals surface area (Å²) in [5.74, 6) is -3.03. The molecule has 27 heavy (non-hydrogen) atoms. The molecule has 2 atom stereocenters. The molecule has 1 saturated carbocycles. The van der Waals surface area contributed by atoms with E-state index in [0.717, 1.165) is 0 Å². The maximum Gasteiger partial charge on any atom is 0.391 e. The maximum atomic E-state index is 13.0. The molecule has 0 heterocycles. The van der Waals surface area contributed by atoms with Gasteiger partial charge in [0, 0.05) is 25.0 Å². The Morgan fingerprint density at radius 1 is 1.26 bits per heavy atom. The van der Waals surface area contributed by atoms with Crippen LogP contribution in [0, 0.1) is 11.8 Å². The zero-order chi connectivity index (χ0) is 20.4. The third-order valence-electron chi connectivity index (χ3n) is 4.66. The molecule has 1 aliphatic rings. The fourth-order valence-corrected chi connectivity index (χ4v) is 3.48. The Hall–Kier alpha value is -1.96. The van der Waals surface area contributed by atoms with Crippen LogP contribution >= 0.6 is 11.6 Å². The second kappa shape index (κ2) is 8.37. The second-order valence-electron chi connectivity index (χ2n) is 6.83. The predicted octanol–water partition coefficient (Wildman–Crippen LogP) is 4.36. The molecule has 0 bridgehead atoms. The Kier molecular flexibility index (Phi) is 6.62. The molecule has 0 saturated heterocycles. The molecule has 1 aliphatic carbocycles. The molecule has 1 N–H and O–H groups in total. The lowest BCUT2D eigenvalue weighted by molar-refractivity contribution is -0.185. The van der Waals surface area contributed by atoms with Crippen molar-refractivity contribution in [2.45, 2.75) is 31.9 Å². The number of amides is 2. The first-order valence-corrected chi connectivity index (χ1v) is 8.89. The molecule has 5 nitrogen and oxygen atoms in total. The highest BCUT2D eigenvalue weighted by molar-refractivity contribution is 6.31. The third kappa shape index (κ3) is 5.06. The van der Waals surface area contributed by atoms with Crippen LogP contribution in [0.15, 0.2) is 12.1 Å². The van der Waals surface area contributed by atoms with Crippen LogP contribution in [0.3, 0.4) is 0 Å². The maximum absolute atomic E-state index is 13.0. The molecule has 150 valence electrons. The van der Waals surface area contributed by atoms with E-state index in [0.29, 0.717) is 12.8 Å². The summed E-state index contributed by atoms with van der Waals surface area (Å²) in [6.45, 7) is 0. The van der Waals surface area contributed by atoms with E-state index in [2.05, 4.69) is 5.32 Å². The minimum Gasteiger partial charge on any atom is -0.494 e. The minimum absolute atomic E-state index is 0.0370. The topological polar surface area (TPSA) is 58.6 Å². The summed E-state index contributed by atoms with van der Waals surface area (Å²) in [7, 11) is 4.45. The second-order valence-corrected chi connectivity index (χ2v) is 7.26. The third-order valence-corrected chi connectivity index (χ3v) is 4.88. The lowest BCUT2D eigenvalue weighted by Crippen LogP contribution is -2.34. The zero-order valence-corrected chi connectivity index (χ0v) is 16.1. The monoisotopic (exact) mass is 406 g/mol. The molecular weight excluding hydrogens is 385 g/mol. The van der Waals surface area contributed by atoms with E-state index >= 15 is 0 Å². The summed E-state index contributed by atoms with van der Waals surface area (Å²) < 4.78 is 44.2. The highest BCUT2D eigenvalue weighted by atomic mass is 35.5. The number of ether oxygens (including phenoxy) is 1. The normalized spacial score (nSPS) is 20.1. The van der Waals surface area contributed by atoms with Crippen LogP contribution < -0.4 is 10.1 Å². The summed E-state index contributed by atoms with van der Waals surface area (Å²) in [5.41, 5.74) is 0.316. The van der Waals surface area contributed by atoms with Gasteiger partial charge in [0.05, 0.1) is 24.3 Å². The number of methoxy groups -OCH3 is 1. The molecular formula is C18H22ClF3N2O3. The number of carbonyl (C=O) groups is 2. The first kappa shape index (κ1) is 21.3. The van der Waals surface area contributed by atoms with Crippen molar-refractivity contribution in [1.29, 1.82) is 0 Å². The van der Waals surface area contributed by atoms with Gasteiger partial charge < -0.3 is 15.0 Å². The van der Waals surface area contributed by atoms with E-state index < -0.39 is 23.9 Å². The summed E-state index contributed by atoms with van der Waals surface area (Å²) in [6, 6.07) is 2.83. The molecule has 1 fully saturated rings. The summed E-state index contributed by atoms with van der Waals surface area (Å²) in [6.07, 6.45) is -3.81. The van der Waals surface area contributed by atoms with E-state index in [1.807, 2.05) is 0 Å². The smallest absolute Gasteiger partial charge is 0.391 e. The van der Waals surface area contributed by atoms with E-state index in [9.17, 15) is 22.8 Å². The Bertz CT molecular complexity index is 723. The fourth-order valence-electron chi connectivity index (χ4n) is 3.27. The van der Waals surface area contributed by atoms with Crippen LogP contribution in [-0.4, -0.2) is 44.1 Å². The van der Waals surface area contributed by atoms with Gasteiger partial charge in [-0.25, -0.2) is 0 Å². The molecule has 0 spiro atoms. The van der Waals surface area contributed by atoms with Crippen LogP contribution in [0.5, 0.6) is 5.75 Å². The zero-order valence-electron chi connectivity index (χ0n) is 15.3. The number of anilines is 1. The predicted molar refractivity (Wildman–Crippen MR) is 96.2 cm³/mol. The van der Waals surface area contributed by atoms with Gasteiger partial charge in [-0.2, -0.15) is 13.2 Å². The van der Waals surface area contributed by atoms with Crippen molar-refractivity contribution in [1.82, 2.24) is 4.90 Å². The Morgan fingerprint density at radius 2 is 1.93 bits per heavy atom. The number of nitrogens with one attached hydrogen (secondary N) is 1. The molecule has 9 heteroatoms. The van der Waals surface area contributed by atoms with Crippen molar-refractivity contribution in [3.05, 3.63) is 22.7 Å². The van der Waals surface area contributed by atoms with Crippen molar-refractivity contribution >= 4 is 29.1 Å². The molecule has 1 aromatic rings. The summed E-state index contributed by atoms with van der Waals surface area (Å²) in [5, 5.41) is 2.79. The lowest BCUT2D eigenvalue weighted by atomic mass is 9.80. The van der Waals surface area contributed by atoms with Gasteiger partial charge in [0.2, 0.25) is 5.91 Å². The largest absolute Gasteiger partial charge is 0.494 e. The Balaban J connectivity index is 2.26. The number of hydrogen-bond donors (Lipinski definition) is 1. The first-order chi connectivity index (χ1) is 12.5. The van der Waals surface area contributed by atoms with Gasteiger partial charge in [-0.1, -0.05) is 18.0 Å². The van der Waals surface area contributed by atoms with Gasteiger partial charge in [0.1, 0.15) is 0 Å². The number of carbonyl (C=O) groups excluding carboxylic acids is 2. The van der Waals surface area contributed by atoms with Gasteiger partial charge in [0.25, 0.3) is 5.91 Å². The highest BCUT2D eigenvalue weighted by Gasteiger charge is 2.43. The van der Waals surface area contributed by atoms with Gasteiger partial charge in [0.15, 0.2) is 5.75 Å². The molecule has 0 aromatic heterocycles. The van der Waals surface area contributed by atoms with Crippen LogP contribution in [0.4, 0.5) is 18.9 Å². The molecule has 0 aliphatic heterocycles. The van der Waals surface area contributed by atoms with Crippen molar-refractivity contribution in [2.24, 2.45) is 11.8 Å². The SMILES string of the molecule is COc1c(NC(=O)C2CCCC(C(F)(F)F)C2)cc(Cl)cc1C(=O)N(C)C. The molecule has 0 radical (unpaired) electrons. The number of benzene rings is 1. The quantitative estimate of drug-likeness (QED) is 0.808. The van der Waals surface area contributed by atoms with Crippen molar-refractivity contribution < 1.29 is 27.5 Å². The van der Waals surface area contributed by atoms with Crippen molar-refractivity contribution in [3.63, 3.8) is 0 Å². The standard InChI is InChI=1S/C18H22ClF3N2O3/c1-24(2)17(26)13-8-12(19)9-14(15(13)27-3)23-16(25)10-5-4-6-11(7-10)18(20,21)22/h8-11H,4-7H2,1-3H3,(H,23,25). The fraction of sp³-hybridized carbons (Fsp3) is 0.556. The average molecular weight is 407 g/mol. The van der Waals surface area contributed by atoms with Gasteiger partial charge >= 0.3 is 6.18 Å². The van der Waals surface area contributed by atoms with Crippen LogP contribution in [0.1, 0.15) is 36.0 Å². The van der Waals surface area contributed by atoms with Gasteiger partial charge in [-0.05, 0) is 31.4 Å². The minimum atomic E-state index is -4.31. The van der Waals surface area contributed by atoms with Gasteiger partial charge in [-0.15, -0.1) is 0 Å². The molecule has 2 rings (SSSR count). The van der Waals surface area contributed by atoms with Crippen molar-refractivity contribution in [2.75, 3.05) is 26.5 Å².